The summed E-state index contributed by atoms with van der Waals surface area (Å²) >= 11 is 1.20. The molecule has 0 saturated heterocycles. The van der Waals surface area contributed by atoms with Crippen LogP contribution in [0.1, 0.15) is 18.9 Å². The van der Waals surface area contributed by atoms with Crippen molar-refractivity contribution in [2.75, 3.05) is 39.2 Å². The van der Waals surface area contributed by atoms with Gasteiger partial charge in [0.1, 0.15) is 5.75 Å². The standard InChI is InChI=1S/C18H23NO5S/c1-3-10-24-14-6-4-13(5-7-14)15-16(25-12-9-20)18(22)19(17(15)21)8-11-23-2/h4-7,20H,3,8-12H2,1-2H3. The van der Waals surface area contributed by atoms with Crippen LogP contribution in [-0.4, -0.2) is 61.0 Å². The molecule has 6 nitrogen and oxygen atoms in total. The topological polar surface area (TPSA) is 76.1 Å². The zero-order chi connectivity index (χ0) is 18.2. The van der Waals surface area contributed by atoms with Gasteiger partial charge in [0.2, 0.25) is 0 Å². The zero-order valence-corrected chi connectivity index (χ0v) is 15.3. The highest BCUT2D eigenvalue weighted by Crippen LogP contribution is 2.36. The van der Waals surface area contributed by atoms with Gasteiger partial charge in [-0.15, -0.1) is 11.8 Å². The normalized spacial score (nSPS) is 14.6. The lowest BCUT2D eigenvalue weighted by molar-refractivity contribution is -0.137. The SMILES string of the molecule is CCCOc1ccc(C2=C(SCCO)C(=O)N(CCOC)C2=O)cc1. The van der Waals surface area contributed by atoms with E-state index in [1.807, 2.05) is 6.92 Å². The largest absolute Gasteiger partial charge is 0.494 e. The number of benzene rings is 1. The molecule has 2 rings (SSSR count). The fourth-order valence-electron chi connectivity index (χ4n) is 2.41. The van der Waals surface area contributed by atoms with Crippen molar-refractivity contribution in [2.24, 2.45) is 0 Å². The Kier molecular flexibility index (Phi) is 7.49. The lowest BCUT2D eigenvalue weighted by atomic mass is 10.1. The summed E-state index contributed by atoms with van der Waals surface area (Å²) < 4.78 is 10.5. The molecule has 1 aromatic carbocycles. The van der Waals surface area contributed by atoms with Crippen LogP contribution in [0.15, 0.2) is 29.2 Å². The number of ether oxygens (including phenoxy) is 2. The second kappa shape index (κ2) is 9.60. The highest BCUT2D eigenvalue weighted by molar-refractivity contribution is 8.04. The van der Waals surface area contributed by atoms with Crippen LogP contribution in [0.2, 0.25) is 0 Å². The average Bonchev–Trinajstić information content (AvgIpc) is 2.86. The summed E-state index contributed by atoms with van der Waals surface area (Å²) in [7, 11) is 1.52. The van der Waals surface area contributed by atoms with Gasteiger partial charge in [0.25, 0.3) is 11.8 Å². The van der Waals surface area contributed by atoms with Crippen molar-refractivity contribution in [3.63, 3.8) is 0 Å². The molecule has 0 saturated carbocycles. The van der Waals surface area contributed by atoms with Crippen LogP contribution >= 0.6 is 11.8 Å². The number of hydrogen-bond donors (Lipinski definition) is 1. The van der Waals surface area contributed by atoms with Crippen LogP contribution in [0.25, 0.3) is 5.57 Å². The first-order valence-corrected chi connectivity index (χ1v) is 9.18. The highest BCUT2D eigenvalue weighted by Gasteiger charge is 2.38. The number of carbonyl (C=O) groups is 2. The lowest BCUT2D eigenvalue weighted by Crippen LogP contribution is -2.34. The number of amides is 2. The number of nitrogens with zero attached hydrogens (tertiary/aromatic N) is 1. The number of hydrogen-bond acceptors (Lipinski definition) is 6. The van der Waals surface area contributed by atoms with Crippen molar-refractivity contribution >= 4 is 29.1 Å². The molecule has 7 heteroatoms. The molecule has 0 aliphatic carbocycles. The predicted octanol–water partition coefficient (Wildman–Crippen LogP) is 1.93. The Morgan fingerprint density at radius 2 is 1.84 bits per heavy atom. The fraction of sp³-hybridized carbons (Fsp3) is 0.444. The maximum Gasteiger partial charge on any atom is 0.268 e. The number of thioether (sulfide) groups is 1. The molecule has 1 N–H and O–H groups in total. The first-order chi connectivity index (χ1) is 12.1. The second-order valence-corrected chi connectivity index (χ2v) is 6.51. The van der Waals surface area contributed by atoms with E-state index >= 15 is 0 Å². The van der Waals surface area contributed by atoms with Gasteiger partial charge in [-0.05, 0) is 24.1 Å². The molecule has 0 fully saturated rings. The Morgan fingerprint density at radius 1 is 1.12 bits per heavy atom. The van der Waals surface area contributed by atoms with Crippen molar-refractivity contribution in [3.8, 4) is 5.75 Å². The van der Waals surface area contributed by atoms with Crippen molar-refractivity contribution < 1.29 is 24.2 Å². The number of imide groups is 1. The molecule has 0 unspecified atom stereocenters. The summed E-state index contributed by atoms with van der Waals surface area (Å²) in [5, 5.41) is 9.07. The van der Waals surface area contributed by atoms with E-state index in [1.165, 1.54) is 23.8 Å². The molecule has 1 aliphatic heterocycles. The van der Waals surface area contributed by atoms with Crippen LogP contribution in [0.3, 0.4) is 0 Å². The molecule has 0 spiro atoms. The molecule has 0 bridgehead atoms. The zero-order valence-electron chi connectivity index (χ0n) is 14.5. The molecule has 0 aromatic heterocycles. The molecule has 0 atom stereocenters. The Morgan fingerprint density at radius 3 is 2.44 bits per heavy atom. The number of rotatable bonds is 10. The number of carbonyl (C=O) groups excluding carboxylic acids is 2. The third kappa shape index (κ3) is 4.62. The van der Waals surface area contributed by atoms with E-state index in [4.69, 9.17) is 14.6 Å². The van der Waals surface area contributed by atoms with E-state index in [-0.39, 0.29) is 31.6 Å². The minimum Gasteiger partial charge on any atom is -0.494 e. The average molecular weight is 365 g/mol. The van der Waals surface area contributed by atoms with Crippen molar-refractivity contribution in [1.82, 2.24) is 4.90 Å². The third-order valence-electron chi connectivity index (χ3n) is 3.60. The highest BCUT2D eigenvalue weighted by atomic mass is 32.2. The van der Waals surface area contributed by atoms with E-state index in [9.17, 15) is 9.59 Å². The summed E-state index contributed by atoms with van der Waals surface area (Å²) in [4.78, 5) is 26.9. The smallest absolute Gasteiger partial charge is 0.268 e. The lowest BCUT2D eigenvalue weighted by Gasteiger charge is -2.14. The summed E-state index contributed by atoms with van der Waals surface area (Å²) in [6.45, 7) is 3.08. The van der Waals surface area contributed by atoms with Crippen molar-refractivity contribution in [1.29, 1.82) is 0 Å². The Balaban J connectivity index is 2.30. The summed E-state index contributed by atoms with van der Waals surface area (Å²) in [6, 6.07) is 7.15. The molecule has 1 aliphatic rings. The molecule has 2 amide bonds. The molecular formula is C18H23NO5S. The molecule has 0 radical (unpaired) electrons. The first kappa shape index (κ1) is 19.5. The van der Waals surface area contributed by atoms with E-state index in [2.05, 4.69) is 0 Å². The molecule has 25 heavy (non-hydrogen) atoms. The minimum absolute atomic E-state index is 0.0647. The third-order valence-corrected chi connectivity index (χ3v) is 4.65. The molecular weight excluding hydrogens is 342 g/mol. The van der Waals surface area contributed by atoms with Gasteiger partial charge in [0.15, 0.2) is 0 Å². The van der Waals surface area contributed by atoms with E-state index in [0.29, 0.717) is 28.4 Å². The monoisotopic (exact) mass is 365 g/mol. The van der Waals surface area contributed by atoms with Gasteiger partial charge < -0.3 is 14.6 Å². The van der Waals surface area contributed by atoms with Crippen LogP contribution in [0, 0.1) is 0 Å². The van der Waals surface area contributed by atoms with E-state index in [0.717, 1.165) is 12.2 Å². The Labute approximate surface area is 151 Å². The van der Waals surface area contributed by atoms with Gasteiger partial charge in [0, 0.05) is 12.9 Å². The maximum atomic E-state index is 12.7. The molecule has 136 valence electrons. The van der Waals surface area contributed by atoms with Gasteiger partial charge in [-0.2, -0.15) is 0 Å². The van der Waals surface area contributed by atoms with Crippen LogP contribution in [-0.2, 0) is 14.3 Å². The second-order valence-electron chi connectivity index (χ2n) is 5.40. The van der Waals surface area contributed by atoms with Gasteiger partial charge in [0.05, 0.1) is 36.8 Å². The number of methoxy groups -OCH3 is 1. The maximum absolute atomic E-state index is 12.7. The molecule has 1 heterocycles. The van der Waals surface area contributed by atoms with Gasteiger partial charge in [-0.3, -0.25) is 14.5 Å². The van der Waals surface area contributed by atoms with Crippen molar-refractivity contribution in [3.05, 3.63) is 34.7 Å². The van der Waals surface area contributed by atoms with Crippen LogP contribution in [0.5, 0.6) is 5.75 Å². The fourth-order valence-corrected chi connectivity index (χ4v) is 3.29. The van der Waals surface area contributed by atoms with Gasteiger partial charge in [-0.1, -0.05) is 19.1 Å². The van der Waals surface area contributed by atoms with Crippen LogP contribution < -0.4 is 4.74 Å². The number of aliphatic hydroxyl groups excluding tert-OH is 1. The Hall–Kier alpha value is -1.83. The quantitative estimate of drug-likeness (QED) is 0.639. The van der Waals surface area contributed by atoms with Crippen molar-refractivity contribution in [2.45, 2.75) is 13.3 Å². The minimum atomic E-state index is -0.332. The van der Waals surface area contributed by atoms with E-state index in [1.54, 1.807) is 24.3 Å². The first-order valence-electron chi connectivity index (χ1n) is 8.20. The summed E-state index contributed by atoms with van der Waals surface area (Å²) in [6.07, 6.45) is 0.913. The van der Waals surface area contributed by atoms with Gasteiger partial charge in [-0.25, -0.2) is 0 Å². The molecule has 1 aromatic rings. The van der Waals surface area contributed by atoms with Crippen LogP contribution in [0.4, 0.5) is 0 Å². The van der Waals surface area contributed by atoms with E-state index < -0.39 is 0 Å². The number of aliphatic hydroxyl groups is 1. The Bertz CT molecular complexity index is 641. The summed E-state index contributed by atoms with van der Waals surface area (Å²) in [5.74, 6) is 0.420. The summed E-state index contributed by atoms with van der Waals surface area (Å²) in [5.41, 5.74) is 1.05. The van der Waals surface area contributed by atoms with Gasteiger partial charge >= 0.3 is 0 Å². The predicted molar refractivity (Wildman–Crippen MR) is 97.3 cm³/mol.